The molecule has 1 unspecified atom stereocenters. The minimum Gasteiger partial charge on any atom is -0.398 e. The Kier molecular flexibility index (Phi) is 2.96. The highest BCUT2D eigenvalue weighted by molar-refractivity contribution is 5.52. The maximum Gasteiger partial charge on any atom is 0.0349 e. The van der Waals surface area contributed by atoms with Gasteiger partial charge in [0.05, 0.1) is 0 Å². The third-order valence-electron chi connectivity index (χ3n) is 3.24. The SMILES string of the molecule is CN(C)CC1CCc2c(N)cccc2C1. The van der Waals surface area contributed by atoms with Crippen LogP contribution < -0.4 is 5.73 Å². The van der Waals surface area contributed by atoms with E-state index in [0.29, 0.717) is 0 Å². The van der Waals surface area contributed by atoms with Crippen molar-refractivity contribution in [3.05, 3.63) is 29.3 Å². The average molecular weight is 204 g/mol. The van der Waals surface area contributed by atoms with Crippen molar-refractivity contribution in [2.45, 2.75) is 19.3 Å². The molecule has 2 nitrogen and oxygen atoms in total. The molecule has 0 saturated heterocycles. The summed E-state index contributed by atoms with van der Waals surface area (Å²) in [5, 5.41) is 0. The van der Waals surface area contributed by atoms with Crippen molar-refractivity contribution in [3.63, 3.8) is 0 Å². The minimum atomic E-state index is 0.800. The molecule has 1 aromatic carbocycles. The lowest BCUT2D eigenvalue weighted by atomic mass is 9.83. The quantitative estimate of drug-likeness (QED) is 0.746. The zero-order valence-electron chi connectivity index (χ0n) is 9.66. The number of nitrogen functional groups attached to an aromatic ring is 1. The van der Waals surface area contributed by atoms with Gasteiger partial charge in [-0.2, -0.15) is 0 Å². The van der Waals surface area contributed by atoms with Crippen LogP contribution in [-0.2, 0) is 12.8 Å². The van der Waals surface area contributed by atoms with E-state index in [-0.39, 0.29) is 0 Å². The van der Waals surface area contributed by atoms with Crippen molar-refractivity contribution in [1.82, 2.24) is 4.90 Å². The summed E-state index contributed by atoms with van der Waals surface area (Å²) < 4.78 is 0. The highest BCUT2D eigenvalue weighted by Gasteiger charge is 2.20. The van der Waals surface area contributed by atoms with Gasteiger partial charge in [0.2, 0.25) is 0 Å². The van der Waals surface area contributed by atoms with Crippen LogP contribution in [0.15, 0.2) is 18.2 Å². The fourth-order valence-electron chi connectivity index (χ4n) is 2.58. The molecule has 0 spiro atoms. The van der Waals surface area contributed by atoms with Gasteiger partial charge in [-0.05, 0) is 56.5 Å². The van der Waals surface area contributed by atoms with Gasteiger partial charge >= 0.3 is 0 Å². The summed E-state index contributed by atoms with van der Waals surface area (Å²) in [5.41, 5.74) is 9.82. The Morgan fingerprint density at radius 2 is 2.20 bits per heavy atom. The smallest absolute Gasteiger partial charge is 0.0349 e. The second-order valence-corrected chi connectivity index (χ2v) is 4.86. The average Bonchev–Trinajstić information content (AvgIpc) is 2.17. The Morgan fingerprint density at radius 3 is 2.93 bits per heavy atom. The van der Waals surface area contributed by atoms with Crippen LogP contribution in [-0.4, -0.2) is 25.5 Å². The largest absolute Gasteiger partial charge is 0.398 e. The summed E-state index contributed by atoms with van der Waals surface area (Å²) in [5.74, 6) is 0.800. The lowest BCUT2D eigenvalue weighted by Gasteiger charge is -2.27. The van der Waals surface area contributed by atoms with Gasteiger partial charge in [-0.3, -0.25) is 0 Å². The summed E-state index contributed by atoms with van der Waals surface area (Å²) >= 11 is 0. The second kappa shape index (κ2) is 4.23. The Balaban J connectivity index is 2.13. The van der Waals surface area contributed by atoms with Crippen LogP contribution in [0.25, 0.3) is 0 Å². The van der Waals surface area contributed by atoms with Gasteiger partial charge in [0.15, 0.2) is 0 Å². The molecule has 1 aliphatic rings. The van der Waals surface area contributed by atoms with Gasteiger partial charge < -0.3 is 10.6 Å². The molecule has 0 radical (unpaired) electrons. The first-order valence-electron chi connectivity index (χ1n) is 5.68. The number of nitrogens with two attached hydrogens (primary N) is 1. The maximum absolute atomic E-state index is 5.98. The summed E-state index contributed by atoms with van der Waals surface area (Å²) in [6, 6.07) is 6.32. The molecule has 0 bridgehead atoms. The van der Waals surface area contributed by atoms with Gasteiger partial charge in [0.25, 0.3) is 0 Å². The lowest BCUT2D eigenvalue weighted by molar-refractivity contribution is 0.303. The lowest BCUT2D eigenvalue weighted by Crippen LogP contribution is -2.26. The Morgan fingerprint density at radius 1 is 1.40 bits per heavy atom. The molecule has 82 valence electrons. The summed E-state index contributed by atoms with van der Waals surface area (Å²) in [4.78, 5) is 2.28. The van der Waals surface area contributed by atoms with Crippen molar-refractivity contribution >= 4 is 5.69 Å². The van der Waals surface area contributed by atoms with Crippen LogP contribution >= 0.6 is 0 Å². The van der Waals surface area contributed by atoms with Crippen molar-refractivity contribution in [3.8, 4) is 0 Å². The molecule has 0 amide bonds. The van der Waals surface area contributed by atoms with E-state index >= 15 is 0 Å². The number of rotatable bonds is 2. The van der Waals surface area contributed by atoms with Crippen molar-refractivity contribution < 1.29 is 0 Å². The second-order valence-electron chi connectivity index (χ2n) is 4.86. The molecule has 2 N–H and O–H groups in total. The van der Waals surface area contributed by atoms with Gasteiger partial charge in [-0.15, -0.1) is 0 Å². The Bertz CT molecular complexity index is 344. The van der Waals surface area contributed by atoms with E-state index in [1.807, 2.05) is 6.07 Å². The molecular weight excluding hydrogens is 184 g/mol. The van der Waals surface area contributed by atoms with Crippen LogP contribution in [0.2, 0.25) is 0 Å². The first-order valence-corrected chi connectivity index (χ1v) is 5.68. The molecule has 1 atom stereocenters. The molecule has 2 rings (SSSR count). The molecule has 15 heavy (non-hydrogen) atoms. The van der Waals surface area contributed by atoms with Gasteiger partial charge in [0.1, 0.15) is 0 Å². The Labute approximate surface area is 92.1 Å². The maximum atomic E-state index is 5.98. The third kappa shape index (κ3) is 2.32. The van der Waals surface area contributed by atoms with Crippen LogP contribution in [0.1, 0.15) is 17.5 Å². The predicted octanol–water partition coefficient (Wildman–Crippen LogP) is 1.94. The number of anilines is 1. The van der Waals surface area contributed by atoms with E-state index < -0.39 is 0 Å². The fraction of sp³-hybridized carbons (Fsp3) is 0.538. The number of hydrogen-bond donors (Lipinski definition) is 1. The number of hydrogen-bond acceptors (Lipinski definition) is 2. The van der Waals surface area contributed by atoms with E-state index in [4.69, 9.17) is 5.73 Å². The number of benzene rings is 1. The zero-order chi connectivity index (χ0) is 10.8. The molecular formula is C13H20N2. The number of fused-ring (bicyclic) bond motifs is 1. The van der Waals surface area contributed by atoms with Crippen molar-refractivity contribution in [2.24, 2.45) is 5.92 Å². The molecule has 0 aliphatic heterocycles. The van der Waals surface area contributed by atoms with E-state index in [9.17, 15) is 0 Å². The van der Waals surface area contributed by atoms with Crippen molar-refractivity contribution in [1.29, 1.82) is 0 Å². The summed E-state index contributed by atoms with van der Waals surface area (Å²) in [6.45, 7) is 1.19. The fourth-order valence-corrected chi connectivity index (χ4v) is 2.58. The van der Waals surface area contributed by atoms with E-state index in [2.05, 4.69) is 31.1 Å². The van der Waals surface area contributed by atoms with E-state index in [0.717, 1.165) is 18.0 Å². The Hall–Kier alpha value is -1.02. The van der Waals surface area contributed by atoms with Crippen LogP contribution in [0.5, 0.6) is 0 Å². The summed E-state index contributed by atoms with van der Waals surface area (Å²) in [6.07, 6.45) is 3.62. The van der Waals surface area contributed by atoms with E-state index in [1.165, 1.54) is 30.5 Å². The molecule has 1 aliphatic carbocycles. The minimum absolute atomic E-state index is 0.800. The molecule has 1 aromatic rings. The van der Waals surface area contributed by atoms with Gasteiger partial charge in [-0.25, -0.2) is 0 Å². The van der Waals surface area contributed by atoms with Gasteiger partial charge in [-0.1, -0.05) is 12.1 Å². The van der Waals surface area contributed by atoms with Gasteiger partial charge in [0, 0.05) is 12.2 Å². The third-order valence-corrected chi connectivity index (χ3v) is 3.24. The first-order chi connectivity index (χ1) is 7.16. The standard InChI is InChI=1S/C13H20N2/c1-15(2)9-10-6-7-12-11(8-10)4-3-5-13(12)14/h3-5,10H,6-9,14H2,1-2H3. The van der Waals surface area contributed by atoms with E-state index in [1.54, 1.807) is 0 Å². The molecule has 0 heterocycles. The molecule has 2 heteroatoms. The molecule has 0 fully saturated rings. The van der Waals surface area contributed by atoms with Crippen LogP contribution in [0.4, 0.5) is 5.69 Å². The summed E-state index contributed by atoms with van der Waals surface area (Å²) in [7, 11) is 4.30. The molecule has 0 saturated carbocycles. The highest BCUT2D eigenvalue weighted by Crippen LogP contribution is 2.29. The monoisotopic (exact) mass is 204 g/mol. The van der Waals surface area contributed by atoms with Crippen molar-refractivity contribution in [2.75, 3.05) is 26.4 Å². The molecule has 0 aromatic heterocycles. The number of nitrogens with zero attached hydrogens (tertiary/aromatic N) is 1. The topological polar surface area (TPSA) is 29.3 Å². The van der Waals surface area contributed by atoms with Crippen LogP contribution in [0.3, 0.4) is 0 Å². The first kappa shape index (κ1) is 10.5. The normalized spacial score (nSPS) is 20.3. The predicted molar refractivity (Wildman–Crippen MR) is 64.9 cm³/mol. The zero-order valence-corrected chi connectivity index (χ0v) is 9.66. The highest BCUT2D eigenvalue weighted by atomic mass is 15.1. The van der Waals surface area contributed by atoms with Crippen LogP contribution in [0, 0.1) is 5.92 Å².